The molecular formula is C20H30N6O. The molecule has 2 aromatic heterocycles. The first kappa shape index (κ1) is 19.5. The van der Waals surface area contributed by atoms with E-state index in [2.05, 4.69) is 44.0 Å². The van der Waals surface area contributed by atoms with Crippen LogP contribution in [0.3, 0.4) is 0 Å². The minimum Gasteiger partial charge on any atom is -0.368 e. The average molecular weight is 371 g/mol. The Balaban J connectivity index is 1.54. The number of aromatic nitrogens is 3. The number of rotatable bonds is 7. The second-order valence-electron chi connectivity index (χ2n) is 7.35. The molecule has 7 heteroatoms. The van der Waals surface area contributed by atoms with Crippen LogP contribution >= 0.6 is 0 Å². The number of nitrogens with zero attached hydrogens (tertiary/aromatic N) is 4. The van der Waals surface area contributed by atoms with Crippen LogP contribution in [-0.4, -0.2) is 70.6 Å². The maximum atomic E-state index is 11.7. The molecule has 27 heavy (non-hydrogen) atoms. The SMILES string of the molecule is CCc1cc(=O)[nH]c(-c2ccc(NC(C)CCN3CCN(C)CC3)nc2)n1. The number of hydrogen-bond donors (Lipinski definition) is 2. The van der Waals surface area contributed by atoms with Crippen molar-refractivity contribution in [3.05, 3.63) is 40.4 Å². The van der Waals surface area contributed by atoms with E-state index in [1.807, 2.05) is 19.1 Å². The van der Waals surface area contributed by atoms with E-state index in [-0.39, 0.29) is 5.56 Å². The minimum absolute atomic E-state index is 0.128. The Bertz CT molecular complexity index is 780. The van der Waals surface area contributed by atoms with Gasteiger partial charge in [0.2, 0.25) is 0 Å². The summed E-state index contributed by atoms with van der Waals surface area (Å²) in [5.74, 6) is 1.42. The maximum absolute atomic E-state index is 11.7. The fourth-order valence-electron chi connectivity index (χ4n) is 3.22. The summed E-state index contributed by atoms with van der Waals surface area (Å²) in [6.45, 7) is 9.89. The first-order valence-electron chi connectivity index (χ1n) is 9.77. The summed E-state index contributed by atoms with van der Waals surface area (Å²) in [5.41, 5.74) is 1.48. The summed E-state index contributed by atoms with van der Waals surface area (Å²) in [7, 11) is 2.18. The van der Waals surface area contributed by atoms with E-state index in [0.717, 1.165) is 62.6 Å². The molecule has 2 aromatic rings. The van der Waals surface area contributed by atoms with Gasteiger partial charge in [-0.15, -0.1) is 0 Å². The molecule has 0 radical (unpaired) electrons. The lowest BCUT2D eigenvalue weighted by atomic mass is 10.2. The third kappa shape index (κ3) is 5.61. The number of hydrogen-bond acceptors (Lipinski definition) is 6. The molecule has 1 saturated heterocycles. The summed E-state index contributed by atoms with van der Waals surface area (Å²) in [6, 6.07) is 5.78. The molecule has 0 aliphatic carbocycles. The van der Waals surface area contributed by atoms with Gasteiger partial charge in [-0.1, -0.05) is 6.92 Å². The third-order valence-corrected chi connectivity index (χ3v) is 5.06. The van der Waals surface area contributed by atoms with E-state index < -0.39 is 0 Å². The fourth-order valence-corrected chi connectivity index (χ4v) is 3.22. The van der Waals surface area contributed by atoms with Gasteiger partial charge in [0.05, 0.1) is 0 Å². The largest absolute Gasteiger partial charge is 0.368 e. The normalized spacial score (nSPS) is 17.0. The number of piperazine rings is 1. The molecule has 1 aliphatic rings. The molecule has 2 N–H and O–H groups in total. The van der Waals surface area contributed by atoms with Crippen molar-refractivity contribution in [1.82, 2.24) is 24.8 Å². The van der Waals surface area contributed by atoms with Crippen LogP contribution in [0.2, 0.25) is 0 Å². The van der Waals surface area contributed by atoms with Gasteiger partial charge in [0.15, 0.2) is 0 Å². The van der Waals surface area contributed by atoms with Crippen molar-refractivity contribution < 1.29 is 0 Å². The van der Waals surface area contributed by atoms with E-state index in [0.29, 0.717) is 11.9 Å². The quantitative estimate of drug-likeness (QED) is 0.774. The van der Waals surface area contributed by atoms with E-state index in [9.17, 15) is 4.79 Å². The van der Waals surface area contributed by atoms with Crippen molar-refractivity contribution in [3.8, 4) is 11.4 Å². The molecule has 1 fully saturated rings. The summed E-state index contributed by atoms with van der Waals surface area (Å²) < 4.78 is 0. The molecule has 0 aromatic carbocycles. The predicted octanol–water partition coefficient (Wildman–Crippen LogP) is 1.83. The van der Waals surface area contributed by atoms with Gasteiger partial charge in [-0.05, 0) is 38.9 Å². The fraction of sp³-hybridized carbons (Fsp3) is 0.550. The van der Waals surface area contributed by atoms with Crippen LogP contribution in [0.1, 0.15) is 26.0 Å². The number of aromatic amines is 1. The van der Waals surface area contributed by atoms with Crippen molar-refractivity contribution in [3.63, 3.8) is 0 Å². The van der Waals surface area contributed by atoms with Gasteiger partial charge < -0.3 is 20.1 Å². The van der Waals surface area contributed by atoms with Gasteiger partial charge in [-0.3, -0.25) is 4.79 Å². The molecule has 7 nitrogen and oxygen atoms in total. The van der Waals surface area contributed by atoms with Gasteiger partial charge in [0, 0.05) is 62.3 Å². The molecular weight excluding hydrogens is 340 g/mol. The molecule has 1 aliphatic heterocycles. The zero-order valence-corrected chi connectivity index (χ0v) is 16.5. The van der Waals surface area contributed by atoms with Crippen molar-refractivity contribution in [2.24, 2.45) is 0 Å². The van der Waals surface area contributed by atoms with Crippen molar-refractivity contribution in [2.45, 2.75) is 32.7 Å². The summed E-state index contributed by atoms with van der Waals surface area (Å²) in [6.07, 6.45) is 3.57. The summed E-state index contributed by atoms with van der Waals surface area (Å²) in [5, 5.41) is 3.46. The van der Waals surface area contributed by atoms with Gasteiger partial charge >= 0.3 is 0 Å². The number of H-pyrrole nitrogens is 1. The van der Waals surface area contributed by atoms with Gasteiger partial charge in [-0.2, -0.15) is 0 Å². The summed E-state index contributed by atoms with van der Waals surface area (Å²) in [4.78, 5) is 28.4. The smallest absolute Gasteiger partial charge is 0.251 e. The van der Waals surface area contributed by atoms with Crippen LogP contribution in [0.25, 0.3) is 11.4 Å². The first-order chi connectivity index (χ1) is 13.0. The Morgan fingerprint density at radius 1 is 1.26 bits per heavy atom. The second-order valence-corrected chi connectivity index (χ2v) is 7.35. The van der Waals surface area contributed by atoms with E-state index >= 15 is 0 Å². The van der Waals surface area contributed by atoms with Crippen molar-refractivity contribution in [1.29, 1.82) is 0 Å². The number of likely N-dealkylation sites (N-methyl/N-ethyl adjacent to an activating group) is 1. The zero-order chi connectivity index (χ0) is 19.2. The Kier molecular flexibility index (Phi) is 6.58. The highest BCUT2D eigenvalue weighted by atomic mass is 16.1. The van der Waals surface area contributed by atoms with E-state index in [1.54, 1.807) is 6.20 Å². The van der Waals surface area contributed by atoms with Crippen LogP contribution in [0.5, 0.6) is 0 Å². The Morgan fingerprint density at radius 2 is 2.04 bits per heavy atom. The third-order valence-electron chi connectivity index (χ3n) is 5.06. The first-order valence-corrected chi connectivity index (χ1v) is 9.77. The number of anilines is 1. The molecule has 146 valence electrons. The lowest BCUT2D eigenvalue weighted by Gasteiger charge is -2.33. The predicted molar refractivity (Wildman–Crippen MR) is 109 cm³/mol. The van der Waals surface area contributed by atoms with Crippen LogP contribution in [0.15, 0.2) is 29.2 Å². The highest BCUT2D eigenvalue weighted by Crippen LogP contribution is 2.16. The average Bonchev–Trinajstić information content (AvgIpc) is 2.67. The van der Waals surface area contributed by atoms with Crippen LogP contribution in [0, 0.1) is 0 Å². The molecule has 3 rings (SSSR count). The maximum Gasteiger partial charge on any atom is 0.251 e. The van der Waals surface area contributed by atoms with Crippen LogP contribution in [-0.2, 0) is 6.42 Å². The Morgan fingerprint density at radius 3 is 2.70 bits per heavy atom. The van der Waals surface area contributed by atoms with Gasteiger partial charge in [0.25, 0.3) is 5.56 Å². The van der Waals surface area contributed by atoms with Crippen LogP contribution < -0.4 is 10.9 Å². The van der Waals surface area contributed by atoms with E-state index in [4.69, 9.17) is 0 Å². The zero-order valence-electron chi connectivity index (χ0n) is 16.5. The number of nitrogens with one attached hydrogen (secondary N) is 2. The highest BCUT2D eigenvalue weighted by molar-refractivity contribution is 5.55. The monoisotopic (exact) mass is 370 g/mol. The molecule has 1 atom stereocenters. The topological polar surface area (TPSA) is 77.2 Å². The number of pyridine rings is 1. The molecule has 0 spiro atoms. The van der Waals surface area contributed by atoms with Crippen molar-refractivity contribution >= 4 is 5.82 Å². The highest BCUT2D eigenvalue weighted by Gasteiger charge is 2.14. The van der Waals surface area contributed by atoms with E-state index in [1.165, 1.54) is 6.07 Å². The molecule has 0 bridgehead atoms. The van der Waals surface area contributed by atoms with Gasteiger partial charge in [-0.25, -0.2) is 9.97 Å². The summed E-state index contributed by atoms with van der Waals surface area (Å²) >= 11 is 0. The lowest BCUT2D eigenvalue weighted by molar-refractivity contribution is 0.151. The molecule has 0 saturated carbocycles. The van der Waals surface area contributed by atoms with Crippen LogP contribution in [0.4, 0.5) is 5.82 Å². The Hall–Kier alpha value is -2.25. The van der Waals surface area contributed by atoms with Gasteiger partial charge in [0.1, 0.15) is 11.6 Å². The standard InChI is InChI=1S/C20H30N6O/c1-4-17-13-19(27)24-20(23-17)16-5-6-18(21-14-16)22-15(2)7-8-26-11-9-25(3)10-12-26/h5-6,13-15H,4,7-12H2,1-3H3,(H,21,22)(H,23,24,27). The minimum atomic E-state index is -0.128. The second kappa shape index (κ2) is 9.10. The van der Waals surface area contributed by atoms with Crippen molar-refractivity contribution in [2.75, 3.05) is 45.1 Å². The molecule has 3 heterocycles. The number of aryl methyl sites for hydroxylation is 1. The molecule has 1 unspecified atom stereocenters. The Labute approximate surface area is 160 Å². The lowest BCUT2D eigenvalue weighted by Crippen LogP contribution is -2.45. The molecule has 0 amide bonds.